The number of piperidine rings is 1. The van der Waals surface area contributed by atoms with Crippen LogP contribution in [0.15, 0.2) is 33.9 Å². The highest BCUT2D eigenvalue weighted by molar-refractivity contribution is 5.78. The van der Waals surface area contributed by atoms with Crippen molar-refractivity contribution in [2.75, 3.05) is 54.4 Å². The molecule has 0 unspecified atom stereocenters. The molecule has 0 amide bonds. The maximum atomic E-state index is 12.3. The fourth-order valence-corrected chi connectivity index (χ4v) is 4.26. The lowest BCUT2D eigenvalue weighted by Crippen LogP contribution is -2.47. The Balaban J connectivity index is 1.57. The van der Waals surface area contributed by atoms with E-state index in [1.54, 1.807) is 6.92 Å². The zero-order valence-corrected chi connectivity index (χ0v) is 18.8. The number of carbonyl (C=O) groups is 1. The number of nitrogens with one attached hydrogen (secondary N) is 1. The van der Waals surface area contributed by atoms with Crippen LogP contribution in [-0.4, -0.2) is 45.3 Å². The number of anilines is 3. The molecule has 0 saturated carbocycles. The molecule has 168 valence electrons. The first-order valence-corrected chi connectivity index (χ1v) is 11.3. The van der Waals surface area contributed by atoms with Gasteiger partial charge in [-0.1, -0.05) is 12.1 Å². The molecule has 0 aromatic heterocycles. The van der Waals surface area contributed by atoms with E-state index in [4.69, 9.17) is 4.74 Å². The summed E-state index contributed by atoms with van der Waals surface area (Å²) in [4.78, 5) is 40.7. The van der Waals surface area contributed by atoms with E-state index in [0.29, 0.717) is 37.6 Å². The van der Waals surface area contributed by atoms with Crippen molar-refractivity contribution in [3.8, 4) is 0 Å². The summed E-state index contributed by atoms with van der Waals surface area (Å²) < 4.78 is 5.14. The highest BCUT2D eigenvalue weighted by Gasteiger charge is 2.32. The fourth-order valence-electron chi connectivity index (χ4n) is 4.26. The lowest BCUT2D eigenvalue weighted by molar-refractivity contribution is -0.148. The van der Waals surface area contributed by atoms with Gasteiger partial charge in [0.05, 0.1) is 12.5 Å². The van der Waals surface area contributed by atoms with E-state index in [1.807, 2.05) is 4.90 Å². The van der Waals surface area contributed by atoms with Crippen molar-refractivity contribution in [3.63, 3.8) is 0 Å². The number of nitrogens with zero attached hydrogens (tertiary/aromatic N) is 2. The smallest absolute Gasteiger partial charge is 0.310 e. The van der Waals surface area contributed by atoms with Crippen LogP contribution < -0.4 is 26.0 Å². The third kappa shape index (κ3) is 5.27. The number of benzene rings is 1. The summed E-state index contributed by atoms with van der Waals surface area (Å²) in [5.41, 5.74) is 2.33. The van der Waals surface area contributed by atoms with Crippen molar-refractivity contribution in [1.29, 1.82) is 0 Å². The van der Waals surface area contributed by atoms with Crippen molar-refractivity contribution >= 4 is 23.0 Å². The minimum Gasteiger partial charge on any atom is -0.466 e. The molecule has 0 radical (unpaired) electrons. The van der Waals surface area contributed by atoms with Crippen LogP contribution in [0.25, 0.3) is 0 Å². The molecule has 1 saturated heterocycles. The highest BCUT2D eigenvalue weighted by Crippen LogP contribution is 2.27. The van der Waals surface area contributed by atoms with Crippen LogP contribution in [0, 0.1) is 12.8 Å². The SMILES string of the molecule is CCOC(=O)[C@@H]1CCCN(c2c(NCCCN(CC)c3cccc(C)c3)c(=O)c2=O)C1. The quantitative estimate of drug-likeness (QED) is 0.355. The van der Waals surface area contributed by atoms with E-state index < -0.39 is 10.9 Å². The molecule has 1 fully saturated rings. The van der Waals surface area contributed by atoms with Crippen molar-refractivity contribution in [1.82, 2.24) is 0 Å². The summed E-state index contributed by atoms with van der Waals surface area (Å²) in [6, 6.07) is 8.42. The van der Waals surface area contributed by atoms with Crippen LogP contribution in [-0.2, 0) is 9.53 Å². The third-order valence-corrected chi connectivity index (χ3v) is 5.90. The number of esters is 1. The van der Waals surface area contributed by atoms with Gasteiger partial charge in [0.15, 0.2) is 0 Å². The van der Waals surface area contributed by atoms with Crippen LogP contribution in [0.3, 0.4) is 0 Å². The van der Waals surface area contributed by atoms with Gasteiger partial charge in [0.25, 0.3) is 10.9 Å². The summed E-state index contributed by atoms with van der Waals surface area (Å²) in [5, 5.41) is 3.18. The second-order valence-electron chi connectivity index (χ2n) is 8.12. The van der Waals surface area contributed by atoms with Crippen LogP contribution in [0.5, 0.6) is 0 Å². The fraction of sp³-hybridized carbons (Fsp3) is 0.542. The van der Waals surface area contributed by atoms with Gasteiger partial charge in [0, 0.05) is 38.4 Å². The van der Waals surface area contributed by atoms with E-state index in [1.165, 1.54) is 11.3 Å². The van der Waals surface area contributed by atoms with Gasteiger partial charge < -0.3 is 19.9 Å². The molecule has 7 heteroatoms. The zero-order chi connectivity index (χ0) is 22.4. The minimum atomic E-state index is -0.459. The first-order chi connectivity index (χ1) is 15.0. The van der Waals surface area contributed by atoms with Crippen LogP contribution in [0.4, 0.5) is 17.1 Å². The maximum Gasteiger partial charge on any atom is 0.310 e. The first kappa shape index (κ1) is 22.8. The summed E-state index contributed by atoms with van der Waals surface area (Å²) in [5.74, 6) is -0.477. The molecule has 0 spiro atoms. The van der Waals surface area contributed by atoms with E-state index >= 15 is 0 Å². The van der Waals surface area contributed by atoms with Gasteiger partial charge in [-0.2, -0.15) is 0 Å². The summed E-state index contributed by atoms with van der Waals surface area (Å²) in [7, 11) is 0. The summed E-state index contributed by atoms with van der Waals surface area (Å²) >= 11 is 0. The van der Waals surface area contributed by atoms with Gasteiger partial charge in [0.2, 0.25) is 0 Å². The Labute approximate surface area is 183 Å². The van der Waals surface area contributed by atoms with Gasteiger partial charge in [-0.25, -0.2) is 0 Å². The van der Waals surface area contributed by atoms with E-state index in [2.05, 4.69) is 48.3 Å². The molecule has 31 heavy (non-hydrogen) atoms. The topological polar surface area (TPSA) is 79.0 Å². The molecule has 1 atom stereocenters. The second kappa shape index (κ2) is 10.5. The number of rotatable bonds is 10. The number of aryl methyl sites for hydroxylation is 1. The predicted molar refractivity (Wildman–Crippen MR) is 125 cm³/mol. The van der Waals surface area contributed by atoms with E-state index in [-0.39, 0.29) is 11.9 Å². The monoisotopic (exact) mass is 427 g/mol. The Morgan fingerprint density at radius 2 is 2.06 bits per heavy atom. The van der Waals surface area contributed by atoms with Gasteiger partial charge in [-0.3, -0.25) is 14.4 Å². The van der Waals surface area contributed by atoms with E-state index in [9.17, 15) is 14.4 Å². The minimum absolute atomic E-state index is 0.226. The second-order valence-corrected chi connectivity index (χ2v) is 8.12. The molecule has 1 aliphatic heterocycles. The third-order valence-electron chi connectivity index (χ3n) is 5.90. The predicted octanol–water partition coefficient (Wildman–Crippen LogP) is 2.70. The van der Waals surface area contributed by atoms with Gasteiger partial charge in [0.1, 0.15) is 11.4 Å². The average Bonchev–Trinajstić information content (AvgIpc) is 2.78. The van der Waals surface area contributed by atoms with Crippen molar-refractivity contribution in [2.24, 2.45) is 5.92 Å². The standard InChI is InChI=1S/C24H33N3O4/c1-4-26(19-11-6-9-17(3)15-19)14-8-12-25-20-21(23(29)22(20)28)27-13-7-10-18(16-27)24(30)31-5-2/h6,9,11,15,18,25H,4-5,7-8,10,12-14,16H2,1-3H3/t18-/m1/s1. The molecule has 1 heterocycles. The Morgan fingerprint density at radius 3 is 2.77 bits per heavy atom. The molecular weight excluding hydrogens is 394 g/mol. The molecule has 7 nitrogen and oxygen atoms in total. The Morgan fingerprint density at radius 1 is 1.26 bits per heavy atom. The summed E-state index contributed by atoms with van der Waals surface area (Å²) in [6.45, 7) is 9.80. The van der Waals surface area contributed by atoms with Crippen molar-refractivity contribution in [3.05, 3.63) is 50.3 Å². The van der Waals surface area contributed by atoms with Crippen molar-refractivity contribution in [2.45, 2.75) is 40.0 Å². The number of ether oxygens (including phenoxy) is 1. The molecule has 0 bridgehead atoms. The molecule has 1 aliphatic rings. The highest BCUT2D eigenvalue weighted by atomic mass is 16.5. The lowest BCUT2D eigenvalue weighted by Gasteiger charge is -2.34. The van der Waals surface area contributed by atoms with Crippen LogP contribution >= 0.6 is 0 Å². The Bertz CT molecular complexity index is 964. The largest absolute Gasteiger partial charge is 0.466 e. The Hall–Kier alpha value is -2.83. The molecular formula is C24H33N3O4. The molecule has 2 aromatic rings. The molecule has 0 aliphatic carbocycles. The maximum absolute atomic E-state index is 12.3. The van der Waals surface area contributed by atoms with E-state index in [0.717, 1.165) is 32.4 Å². The summed E-state index contributed by atoms with van der Waals surface area (Å²) in [6.07, 6.45) is 2.38. The normalized spacial score (nSPS) is 16.4. The van der Waals surface area contributed by atoms with Crippen LogP contribution in [0.2, 0.25) is 0 Å². The first-order valence-electron chi connectivity index (χ1n) is 11.3. The lowest BCUT2D eigenvalue weighted by atomic mass is 9.96. The van der Waals surface area contributed by atoms with Gasteiger partial charge in [-0.15, -0.1) is 0 Å². The van der Waals surface area contributed by atoms with Crippen LogP contribution in [0.1, 0.15) is 38.7 Å². The molecule has 1 N–H and O–H groups in total. The average molecular weight is 428 g/mol. The van der Waals surface area contributed by atoms with Crippen molar-refractivity contribution < 1.29 is 9.53 Å². The number of hydrogen-bond acceptors (Lipinski definition) is 7. The number of carbonyl (C=O) groups excluding carboxylic acids is 1. The number of hydrogen-bond donors (Lipinski definition) is 1. The van der Waals surface area contributed by atoms with Gasteiger partial charge in [-0.05, 0) is 57.7 Å². The molecule has 2 aromatic carbocycles. The molecule has 3 rings (SSSR count). The Kier molecular flexibility index (Phi) is 7.71. The van der Waals surface area contributed by atoms with Gasteiger partial charge >= 0.3 is 5.97 Å². The zero-order valence-electron chi connectivity index (χ0n) is 18.8.